The topological polar surface area (TPSA) is 67.8 Å². The summed E-state index contributed by atoms with van der Waals surface area (Å²) in [6.45, 7) is 0. The van der Waals surface area contributed by atoms with Crippen LogP contribution in [0.4, 0.5) is 0 Å². The van der Waals surface area contributed by atoms with Crippen molar-refractivity contribution in [1.82, 2.24) is 5.43 Å². The Hall–Kier alpha value is -3.15. The third-order valence-electron chi connectivity index (χ3n) is 3.64. The van der Waals surface area contributed by atoms with E-state index in [1.54, 1.807) is 54.6 Å². The summed E-state index contributed by atoms with van der Waals surface area (Å²) in [4.78, 5) is 24.2. The summed E-state index contributed by atoms with van der Waals surface area (Å²) in [5, 5.41) is 4.55. The molecule has 0 heterocycles. The number of nitrogens with zero attached hydrogens (tertiary/aromatic N) is 1. The minimum absolute atomic E-state index is 0.207. The summed E-state index contributed by atoms with van der Waals surface area (Å²) < 4.78 is 5.34. The Morgan fingerprint density at radius 1 is 0.929 bits per heavy atom. The molecule has 1 N–H and O–H groups in total. The number of hydrogen-bond acceptors (Lipinski definition) is 4. The molecule has 3 aromatic rings. The highest BCUT2D eigenvalue weighted by atomic mass is 35.5. The highest BCUT2D eigenvalue weighted by Gasteiger charge is 2.13. The van der Waals surface area contributed by atoms with Gasteiger partial charge in [0.05, 0.1) is 16.8 Å². The van der Waals surface area contributed by atoms with Crippen LogP contribution in [0.2, 0.25) is 10.0 Å². The van der Waals surface area contributed by atoms with Crippen molar-refractivity contribution in [2.24, 2.45) is 5.10 Å². The minimum atomic E-state index is -0.604. The van der Waals surface area contributed by atoms with Crippen molar-refractivity contribution < 1.29 is 14.3 Å². The third kappa shape index (κ3) is 5.19. The quantitative estimate of drug-likeness (QED) is 0.278. The van der Waals surface area contributed by atoms with Crippen LogP contribution in [0.5, 0.6) is 5.75 Å². The molecule has 0 aliphatic rings. The monoisotopic (exact) mass is 412 g/mol. The van der Waals surface area contributed by atoms with E-state index in [4.69, 9.17) is 27.9 Å². The van der Waals surface area contributed by atoms with Gasteiger partial charge in [-0.1, -0.05) is 53.5 Å². The van der Waals surface area contributed by atoms with Crippen LogP contribution in [0.3, 0.4) is 0 Å². The molecule has 0 radical (unpaired) electrons. The molecule has 28 heavy (non-hydrogen) atoms. The normalized spacial score (nSPS) is 10.6. The van der Waals surface area contributed by atoms with Gasteiger partial charge in [0.1, 0.15) is 5.75 Å². The Bertz CT molecular complexity index is 1040. The Morgan fingerprint density at radius 2 is 1.71 bits per heavy atom. The summed E-state index contributed by atoms with van der Waals surface area (Å²) in [5.74, 6) is -0.612. The van der Waals surface area contributed by atoms with E-state index in [-0.39, 0.29) is 16.5 Å². The highest BCUT2D eigenvalue weighted by molar-refractivity contribution is 6.36. The number of hydrazone groups is 1. The molecule has 3 aromatic carbocycles. The molecule has 3 rings (SSSR count). The van der Waals surface area contributed by atoms with Gasteiger partial charge in [-0.3, -0.25) is 4.79 Å². The van der Waals surface area contributed by atoms with Gasteiger partial charge in [0, 0.05) is 10.6 Å². The van der Waals surface area contributed by atoms with Gasteiger partial charge in [-0.2, -0.15) is 5.10 Å². The van der Waals surface area contributed by atoms with E-state index in [1.165, 1.54) is 18.3 Å². The molecule has 0 aliphatic carbocycles. The average molecular weight is 413 g/mol. The zero-order valence-electron chi connectivity index (χ0n) is 14.4. The highest BCUT2D eigenvalue weighted by Crippen LogP contribution is 2.23. The molecule has 0 aliphatic heterocycles. The summed E-state index contributed by atoms with van der Waals surface area (Å²) in [7, 11) is 0. The maximum atomic E-state index is 12.3. The Morgan fingerprint density at radius 3 is 2.46 bits per heavy atom. The first-order valence-corrected chi connectivity index (χ1v) is 8.94. The maximum absolute atomic E-state index is 12.3. The summed E-state index contributed by atoms with van der Waals surface area (Å²) >= 11 is 11.9. The van der Waals surface area contributed by atoms with Crippen molar-refractivity contribution >= 4 is 41.3 Å². The van der Waals surface area contributed by atoms with Gasteiger partial charge < -0.3 is 4.74 Å². The molecular formula is C21H14Cl2N2O3. The van der Waals surface area contributed by atoms with E-state index in [2.05, 4.69) is 10.5 Å². The summed E-state index contributed by atoms with van der Waals surface area (Å²) in [6.07, 6.45) is 1.45. The standard InChI is InChI=1S/C21H14Cl2N2O3/c22-16-9-10-18(19(23)12-16)21(27)28-17-8-4-5-14(11-17)13-24-25-20(26)15-6-2-1-3-7-15/h1-13H,(H,25,26). The van der Waals surface area contributed by atoms with Crippen LogP contribution >= 0.6 is 23.2 Å². The molecule has 0 bridgehead atoms. The van der Waals surface area contributed by atoms with Crippen LogP contribution in [-0.4, -0.2) is 18.1 Å². The fraction of sp³-hybridized carbons (Fsp3) is 0. The van der Waals surface area contributed by atoms with Crippen LogP contribution in [0, 0.1) is 0 Å². The number of carbonyl (C=O) groups is 2. The van der Waals surface area contributed by atoms with Crippen LogP contribution in [0.15, 0.2) is 77.9 Å². The first kappa shape index (κ1) is 19.6. The largest absolute Gasteiger partial charge is 0.423 e. The smallest absolute Gasteiger partial charge is 0.345 e. The second kappa shape index (κ2) is 9.17. The molecule has 0 saturated heterocycles. The van der Waals surface area contributed by atoms with Gasteiger partial charge in [0.15, 0.2) is 0 Å². The Balaban J connectivity index is 1.65. The van der Waals surface area contributed by atoms with Crippen LogP contribution < -0.4 is 10.2 Å². The van der Waals surface area contributed by atoms with Crippen LogP contribution in [0.1, 0.15) is 26.3 Å². The number of rotatable bonds is 5. The molecule has 0 spiro atoms. The van der Waals surface area contributed by atoms with Gasteiger partial charge >= 0.3 is 5.97 Å². The Labute approximate surface area is 171 Å². The van der Waals surface area contributed by atoms with Gasteiger partial charge in [-0.15, -0.1) is 0 Å². The van der Waals surface area contributed by atoms with Crippen molar-refractivity contribution in [2.75, 3.05) is 0 Å². The molecule has 0 unspecified atom stereocenters. The molecule has 0 fully saturated rings. The number of amides is 1. The lowest BCUT2D eigenvalue weighted by atomic mass is 10.2. The fourth-order valence-corrected chi connectivity index (χ4v) is 2.78. The van der Waals surface area contributed by atoms with E-state index in [9.17, 15) is 9.59 Å². The van der Waals surface area contributed by atoms with Gasteiger partial charge in [0.25, 0.3) is 5.91 Å². The van der Waals surface area contributed by atoms with E-state index in [0.717, 1.165) is 0 Å². The molecule has 7 heteroatoms. The lowest BCUT2D eigenvalue weighted by Crippen LogP contribution is -2.17. The molecular weight excluding hydrogens is 399 g/mol. The zero-order chi connectivity index (χ0) is 19.9. The average Bonchev–Trinajstić information content (AvgIpc) is 2.68. The number of ether oxygens (including phenoxy) is 1. The first-order valence-electron chi connectivity index (χ1n) is 8.19. The summed E-state index contributed by atoms with van der Waals surface area (Å²) in [5.41, 5.74) is 3.79. The van der Waals surface area contributed by atoms with Crippen LogP contribution in [-0.2, 0) is 0 Å². The van der Waals surface area contributed by atoms with E-state index in [0.29, 0.717) is 21.9 Å². The Kier molecular flexibility index (Phi) is 6.42. The van der Waals surface area contributed by atoms with Gasteiger partial charge in [-0.25, -0.2) is 10.2 Å². The molecule has 0 atom stereocenters. The molecule has 0 saturated carbocycles. The predicted molar refractivity (Wildman–Crippen MR) is 109 cm³/mol. The first-order chi connectivity index (χ1) is 13.5. The van der Waals surface area contributed by atoms with Crippen molar-refractivity contribution in [3.8, 4) is 5.75 Å². The van der Waals surface area contributed by atoms with Gasteiger partial charge in [0.2, 0.25) is 0 Å². The van der Waals surface area contributed by atoms with Crippen molar-refractivity contribution in [2.45, 2.75) is 0 Å². The molecule has 5 nitrogen and oxygen atoms in total. The SMILES string of the molecule is O=C(NN=Cc1cccc(OC(=O)c2ccc(Cl)cc2Cl)c1)c1ccccc1. The van der Waals surface area contributed by atoms with E-state index in [1.807, 2.05) is 6.07 Å². The van der Waals surface area contributed by atoms with Gasteiger partial charge in [-0.05, 0) is 48.0 Å². The fourth-order valence-electron chi connectivity index (χ4n) is 2.29. The zero-order valence-corrected chi connectivity index (χ0v) is 15.9. The van der Waals surface area contributed by atoms with Crippen LogP contribution in [0.25, 0.3) is 0 Å². The third-order valence-corrected chi connectivity index (χ3v) is 4.18. The number of halogens is 2. The molecule has 0 aromatic heterocycles. The number of hydrogen-bond donors (Lipinski definition) is 1. The second-order valence-electron chi connectivity index (χ2n) is 5.65. The molecule has 140 valence electrons. The summed E-state index contributed by atoms with van der Waals surface area (Å²) in [6, 6.07) is 20.0. The maximum Gasteiger partial charge on any atom is 0.345 e. The molecule has 1 amide bonds. The van der Waals surface area contributed by atoms with E-state index >= 15 is 0 Å². The van der Waals surface area contributed by atoms with Crippen molar-refractivity contribution in [3.63, 3.8) is 0 Å². The minimum Gasteiger partial charge on any atom is -0.423 e. The second-order valence-corrected chi connectivity index (χ2v) is 6.49. The number of nitrogens with one attached hydrogen (secondary N) is 1. The number of carbonyl (C=O) groups excluding carboxylic acids is 2. The lowest BCUT2D eigenvalue weighted by molar-refractivity contribution is 0.0734. The van der Waals surface area contributed by atoms with Crippen molar-refractivity contribution in [3.05, 3.63) is 99.5 Å². The predicted octanol–water partition coefficient (Wildman–Crippen LogP) is 4.98. The van der Waals surface area contributed by atoms with Crippen molar-refractivity contribution in [1.29, 1.82) is 0 Å². The number of esters is 1. The van der Waals surface area contributed by atoms with E-state index < -0.39 is 5.97 Å². The lowest BCUT2D eigenvalue weighted by Gasteiger charge is -2.06. The number of benzene rings is 3.